The average molecular weight is 528 g/mol. The van der Waals surface area contributed by atoms with Crippen LogP contribution < -0.4 is 10.6 Å². The fraction of sp³-hybridized carbons (Fsp3) is 0.690. The van der Waals surface area contributed by atoms with Crippen molar-refractivity contribution in [1.82, 2.24) is 25.3 Å². The van der Waals surface area contributed by atoms with Gasteiger partial charge in [-0.05, 0) is 62.2 Å². The van der Waals surface area contributed by atoms with Crippen molar-refractivity contribution in [3.8, 4) is 0 Å². The molecule has 3 fully saturated rings. The van der Waals surface area contributed by atoms with E-state index in [1.807, 2.05) is 18.7 Å². The fourth-order valence-corrected chi connectivity index (χ4v) is 6.07. The Morgan fingerprint density at radius 3 is 2.50 bits per heavy atom. The second-order valence-corrected chi connectivity index (χ2v) is 12.0. The molecule has 4 heterocycles. The highest BCUT2D eigenvalue weighted by atomic mass is 16.3. The molecule has 1 unspecified atom stereocenters. The third-order valence-electron chi connectivity index (χ3n) is 7.97. The lowest BCUT2D eigenvalue weighted by atomic mass is 9.92. The van der Waals surface area contributed by atoms with E-state index < -0.39 is 12.2 Å². The first kappa shape index (κ1) is 28.2. The molecule has 3 atom stereocenters. The summed E-state index contributed by atoms with van der Waals surface area (Å²) >= 11 is 0. The maximum Gasteiger partial charge on any atom is 0.291 e. The zero-order valence-electron chi connectivity index (χ0n) is 23.4. The van der Waals surface area contributed by atoms with E-state index in [2.05, 4.69) is 36.0 Å². The Balaban J connectivity index is 1.66. The van der Waals surface area contributed by atoms with Crippen LogP contribution in [0.25, 0.3) is 0 Å². The van der Waals surface area contributed by atoms with Gasteiger partial charge in [-0.25, -0.2) is 0 Å². The van der Waals surface area contributed by atoms with Gasteiger partial charge in [0.2, 0.25) is 11.8 Å². The number of hydrogen-bond acceptors (Lipinski definition) is 6. The smallest absolute Gasteiger partial charge is 0.291 e. The standard InChI is InChI=1S/C29H45N5O4/c1-19(2)13-23-16-33-27(18-32(21(23)5)15-22-8-10-30-11-9-22)34(29(37)25-7-6-12-38-25)17-24(28(33)36)31-26(35)14-20(3)4/h6-7,12,19-20,22-24,27,30H,5,8-11,13-18H2,1-4H3,(H,31,35)/t23-,24+,27?/m1/s1. The first-order valence-electron chi connectivity index (χ1n) is 14.2. The molecular formula is C29H45N5O4. The average Bonchev–Trinajstić information content (AvgIpc) is 3.36. The molecule has 210 valence electrons. The van der Waals surface area contributed by atoms with E-state index in [-0.39, 0.29) is 41.9 Å². The van der Waals surface area contributed by atoms with Gasteiger partial charge in [0.25, 0.3) is 5.91 Å². The third-order valence-corrected chi connectivity index (χ3v) is 7.97. The Labute approximate surface area is 227 Å². The highest BCUT2D eigenvalue weighted by Gasteiger charge is 2.47. The van der Waals surface area contributed by atoms with E-state index in [0.717, 1.165) is 44.6 Å². The van der Waals surface area contributed by atoms with Crippen LogP contribution in [0, 0.1) is 23.7 Å². The number of carbonyl (C=O) groups is 3. The van der Waals surface area contributed by atoms with Gasteiger partial charge in [-0.2, -0.15) is 0 Å². The van der Waals surface area contributed by atoms with Crippen molar-refractivity contribution >= 4 is 17.7 Å². The molecule has 1 aromatic heterocycles. The number of rotatable bonds is 8. The van der Waals surface area contributed by atoms with E-state index in [1.54, 1.807) is 17.0 Å². The summed E-state index contributed by atoms with van der Waals surface area (Å²) in [5.41, 5.74) is 1.05. The minimum Gasteiger partial charge on any atom is -0.459 e. The molecule has 3 aliphatic rings. The van der Waals surface area contributed by atoms with Crippen molar-refractivity contribution in [3.63, 3.8) is 0 Å². The van der Waals surface area contributed by atoms with Crippen LogP contribution in [0.3, 0.4) is 0 Å². The van der Waals surface area contributed by atoms with Gasteiger partial charge in [0.05, 0.1) is 19.4 Å². The van der Waals surface area contributed by atoms with E-state index in [9.17, 15) is 14.4 Å². The Morgan fingerprint density at radius 1 is 1.13 bits per heavy atom. The van der Waals surface area contributed by atoms with Crippen LogP contribution in [-0.4, -0.2) is 83.9 Å². The summed E-state index contributed by atoms with van der Waals surface area (Å²) < 4.78 is 5.48. The third kappa shape index (κ3) is 6.60. The first-order valence-corrected chi connectivity index (χ1v) is 14.2. The SMILES string of the molecule is C=C1[C@H](CC(C)C)CN2C(=O)[C@@H](NC(=O)CC(C)C)CN(C(=O)c3ccco3)C2CN1CC1CCNCC1. The summed E-state index contributed by atoms with van der Waals surface area (Å²) in [6.45, 7) is 16.8. The van der Waals surface area contributed by atoms with Crippen LogP contribution in [0.1, 0.15) is 63.9 Å². The van der Waals surface area contributed by atoms with Gasteiger partial charge in [-0.1, -0.05) is 34.3 Å². The number of fused-ring (bicyclic) bond motifs is 1. The minimum atomic E-state index is -0.791. The molecule has 3 saturated heterocycles. The summed E-state index contributed by atoms with van der Waals surface area (Å²) in [5, 5.41) is 6.37. The van der Waals surface area contributed by atoms with Gasteiger partial charge < -0.3 is 29.8 Å². The Bertz CT molecular complexity index is 985. The molecule has 3 aliphatic heterocycles. The maximum atomic E-state index is 13.9. The van der Waals surface area contributed by atoms with Gasteiger partial charge >= 0.3 is 0 Å². The van der Waals surface area contributed by atoms with E-state index in [0.29, 0.717) is 31.3 Å². The van der Waals surface area contributed by atoms with Crippen molar-refractivity contribution in [1.29, 1.82) is 0 Å². The van der Waals surface area contributed by atoms with Crippen LogP contribution in [0.2, 0.25) is 0 Å². The number of nitrogens with zero attached hydrogens (tertiary/aromatic N) is 3. The van der Waals surface area contributed by atoms with Crippen LogP contribution in [-0.2, 0) is 9.59 Å². The van der Waals surface area contributed by atoms with Crippen molar-refractivity contribution in [2.45, 2.75) is 65.6 Å². The van der Waals surface area contributed by atoms with Crippen LogP contribution in [0.4, 0.5) is 0 Å². The monoisotopic (exact) mass is 527 g/mol. The maximum absolute atomic E-state index is 13.9. The molecule has 2 N–H and O–H groups in total. The fourth-order valence-electron chi connectivity index (χ4n) is 6.07. The lowest BCUT2D eigenvalue weighted by Gasteiger charge is -2.46. The summed E-state index contributed by atoms with van der Waals surface area (Å²) in [4.78, 5) is 46.2. The molecule has 38 heavy (non-hydrogen) atoms. The first-order chi connectivity index (χ1) is 18.1. The molecule has 1 aromatic rings. The predicted molar refractivity (Wildman–Crippen MR) is 146 cm³/mol. The number of amides is 3. The number of hydrogen-bond donors (Lipinski definition) is 2. The summed E-state index contributed by atoms with van der Waals surface area (Å²) in [6, 6.07) is 2.55. The van der Waals surface area contributed by atoms with E-state index in [4.69, 9.17) is 4.42 Å². The molecule has 0 aromatic carbocycles. The van der Waals surface area contributed by atoms with E-state index >= 15 is 0 Å². The van der Waals surface area contributed by atoms with Gasteiger partial charge in [-0.3, -0.25) is 14.4 Å². The van der Waals surface area contributed by atoms with Crippen LogP contribution in [0.15, 0.2) is 35.1 Å². The van der Waals surface area contributed by atoms with Crippen LogP contribution in [0.5, 0.6) is 0 Å². The molecular weight excluding hydrogens is 482 g/mol. The van der Waals surface area contributed by atoms with Crippen molar-refractivity contribution < 1.29 is 18.8 Å². The van der Waals surface area contributed by atoms with Gasteiger partial charge in [0, 0.05) is 31.1 Å². The molecule has 0 saturated carbocycles. The molecule has 0 radical (unpaired) electrons. The van der Waals surface area contributed by atoms with Crippen molar-refractivity contribution in [2.24, 2.45) is 23.7 Å². The highest BCUT2D eigenvalue weighted by Crippen LogP contribution is 2.33. The number of furan rings is 1. The topological polar surface area (TPSA) is 98.1 Å². The summed E-state index contributed by atoms with van der Waals surface area (Å²) in [6.07, 6.45) is 4.45. The number of nitrogens with one attached hydrogen (secondary N) is 2. The Kier molecular flexibility index (Phi) is 9.18. The van der Waals surface area contributed by atoms with Crippen LogP contribution >= 0.6 is 0 Å². The largest absolute Gasteiger partial charge is 0.459 e. The minimum absolute atomic E-state index is 0.0799. The highest BCUT2D eigenvalue weighted by molar-refractivity contribution is 5.95. The zero-order valence-corrected chi connectivity index (χ0v) is 23.4. The normalized spacial score (nSPS) is 25.1. The zero-order chi connectivity index (χ0) is 27.4. The molecule has 0 aliphatic carbocycles. The van der Waals surface area contributed by atoms with Gasteiger partial charge in [-0.15, -0.1) is 0 Å². The Hall–Kier alpha value is -2.81. The predicted octanol–water partition coefficient (Wildman–Crippen LogP) is 2.91. The molecule has 3 amide bonds. The van der Waals surface area contributed by atoms with E-state index in [1.165, 1.54) is 6.26 Å². The molecule has 9 nitrogen and oxygen atoms in total. The van der Waals surface area contributed by atoms with Gasteiger partial charge in [0.15, 0.2) is 5.76 Å². The lowest BCUT2D eigenvalue weighted by Crippen LogP contribution is -2.68. The van der Waals surface area contributed by atoms with Crippen molar-refractivity contribution in [3.05, 3.63) is 36.4 Å². The summed E-state index contributed by atoms with van der Waals surface area (Å²) in [5.74, 6) is 0.883. The summed E-state index contributed by atoms with van der Waals surface area (Å²) in [7, 11) is 0. The lowest BCUT2D eigenvalue weighted by molar-refractivity contribution is -0.148. The molecule has 4 rings (SSSR count). The molecule has 0 bridgehead atoms. The quantitative estimate of drug-likeness (QED) is 0.540. The van der Waals surface area contributed by atoms with Crippen molar-refractivity contribution in [2.75, 3.05) is 39.3 Å². The molecule has 9 heteroatoms. The Morgan fingerprint density at radius 2 is 1.87 bits per heavy atom. The molecule has 0 spiro atoms. The number of piperidine rings is 1. The number of carbonyl (C=O) groups excluding carboxylic acids is 3. The second kappa shape index (κ2) is 12.4. The second-order valence-electron chi connectivity index (χ2n) is 12.0. The van der Waals surface area contributed by atoms with Gasteiger partial charge in [0.1, 0.15) is 12.2 Å².